The van der Waals surface area contributed by atoms with Crippen molar-refractivity contribution in [1.82, 2.24) is 4.98 Å². The molecule has 2 aromatic carbocycles. The van der Waals surface area contributed by atoms with Crippen molar-refractivity contribution in [3.05, 3.63) is 70.4 Å². The Labute approximate surface area is 248 Å². The van der Waals surface area contributed by atoms with Crippen LogP contribution in [0.2, 0.25) is 5.02 Å². The van der Waals surface area contributed by atoms with E-state index in [1.165, 1.54) is 27.3 Å². The minimum absolute atomic E-state index is 0.0754. The molecule has 0 bridgehead atoms. The molecular formula is C30H33ClN2O9. The van der Waals surface area contributed by atoms with Gasteiger partial charge in [0.25, 0.3) is 5.91 Å². The van der Waals surface area contributed by atoms with E-state index >= 15 is 0 Å². The fourth-order valence-corrected chi connectivity index (χ4v) is 5.01. The van der Waals surface area contributed by atoms with E-state index in [1.54, 1.807) is 35.2 Å². The zero-order chi connectivity index (χ0) is 30.6. The van der Waals surface area contributed by atoms with Gasteiger partial charge >= 0.3 is 11.9 Å². The number of methoxy groups -OCH3 is 2. The molecule has 1 N–H and O–H groups in total. The molecule has 1 aromatic heterocycles. The van der Waals surface area contributed by atoms with Crippen molar-refractivity contribution in [3.63, 3.8) is 0 Å². The number of fused-ring (bicyclic) bond motifs is 1. The molecule has 3 aromatic rings. The summed E-state index contributed by atoms with van der Waals surface area (Å²) in [6.45, 7) is 5.34. The van der Waals surface area contributed by atoms with Gasteiger partial charge in [0, 0.05) is 40.7 Å². The van der Waals surface area contributed by atoms with E-state index in [9.17, 15) is 14.4 Å². The molecule has 2 heterocycles. The van der Waals surface area contributed by atoms with E-state index in [1.807, 2.05) is 19.9 Å². The normalized spacial score (nSPS) is 16.9. The number of rotatable bonds is 11. The summed E-state index contributed by atoms with van der Waals surface area (Å²) in [6.07, 6.45) is -1.06. The number of carboxylic acids is 1. The maximum absolute atomic E-state index is 14.3. The van der Waals surface area contributed by atoms with Crippen LogP contribution in [0.4, 0.5) is 5.69 Å². The van der Waals surface area contributed by atoms with E-state index in [0.29, 0.717) is 33.3 Å². The Bertz CT molecular complexity index is 1470. The second kappa shape index (κ2) is 12.8. The lowest BCUT2D eigenvalue weighted by molar-refractivity contribution is -0.144. The first-order chi connectivity index (χ1) is 19.9. The summed E-state index contributed by atoms with van der Waals surface area (Å²) >= 11 is 6.48. The molecule has 11 nitrogen and oxygen atoms in total. The first kappa shape index (κ1) is 30.9. The zero-order valence-corrected chi connectivity index (χ0v) is 24.8. The van der Waals surface area contributed by atoms with Crippen molar-refractivity contribution < 1.29 is 42.9 Å². The van der Waals surface area contributed by atoms with Crippen molar-refractivity contribution in [3.8, 4) is 11.5 Å². The molecule has 0 fully saturated rings. The van der Waals surface area contributed by atoms with Crippen molar-refractivity contribution >= 4 is 35.1 Å². The number of ether oxygens (including phenoxy) is 4. The minimum atomic E-state index is -1.11. The van der Waals surface area contributed by atoms with Crippen LogP contribution in [0, 0.1) is 5.41 Å². The predicted molar refractivity (Wildman–Crippen MR) is 152 cm³/mol. The first-order valence-corrected chi connectivity index (χ1v) is 13.6. The number of aromatic nitrogens is 1. The highest BCUT2D eigenvalue weighted by atomic mass is 35.5. The number of halogens is 1. The lowest BCUT2D eigenvalue weighted by Crippen LogP contribution is -2.46. The molecule has 0 spiro atoms. The van der Waals surface area contributed by atoms with Crippen LogP contribution in [0.25, 0.3) is 0 Å². The number of carbonyl (C=O) groups is 3. The molecule has 4 rings (SSSR count). The number of carboxylic acid groups (broad SMARTS) is 1. The number of amides is 1. The van der Waals surface area contributed by atoms with Gasteiger partial charge in [0.05, 0.1) is 33.4 Å². The van der Waals surface area contributed by atoms with Gasteiger partial charge in [-0.25, -0.2) is 4.98 Å². The van der Waals surface area contributed by atoms with Gasteiger partial charge in [-0.1, -0.05) is 37.6 Å². The largest absolute Gasteiger partial charge is 0.493 e. The smallest absolute Gasteiger partial charge is 0.311 e. The Kier molecular flexibility index (Phi) is 9.43. The van der Waals surface area contributed by atoms with Crippen LogP contribution in [0.15, 0.2) is 47.0 Å². The molecule has 2 atom stereocenters. The monoisotopic (exact) mass is 600 g/mol. The highest BCUT2D eigenvalue weighted by Crippen LogP contribution is 2.45. The molecule has 0 saturated heterocycles. The SMILES string of the molecule is COc1cccc([C@H]2O[C@H](Cc3ncc(CC(=O)O)o3)C(=O)N(CC(C)(C)COC(C)=O)c3ccc(Cl)cc32)c1OC. The molecule has 0 saturated carbocycles. The lowest BCUT2D eigenvalue weighted by Gasteiger charge is -2.33. The van der Waals surface area contributed by atoms with Gasteiger partial charge in [-0.05, 0) is 24.3 Å². The Morgan fingerprint density at radius 3 is 2.57 bits per heavy atom. The Morgan fingerprint density at radius 2 is 1.90 bits per heavy atom. The van der Waals surface area contributed by atoms with Crippen LogP contribution in [-0.4, -0.2) is 61.4 Å². The van der Waals surface area contributed by atoms with Crippen molar-refractivity contribution in [1.29, 1.82) is 0 Å². The summed E-state index contributed by atoms with van der Waals surface area (Å²) in [6, 6.07) is 10.5. The summed E-state index contributed by atoms with van der Waals surface area (Å²) < 4.78 is 28.8. The van der Waals surface area contributed by atoms with Crippen LogP contribution in [0.3, 0.4) is 0 Å². The Hall–Kier alpha value is -4.09. The maximum atomic E-state index is 14.3. The van der Waals surface area contributed by atoms with Crippen LogP contribution < -0.4 is 14.4 Å². The number of anilines is 1. The molecule has 0 unspecified atom stereocenters. The fraction of sp³-hybridized carbons (Fsp3) is 0.400. The molecule has 12 heteroatoms. The van der Waals surface area contributed by atoms with Gasteiger partial charge < -0.3 is 33.4 Å². The van der Waals surface area contributed by atoms with Crippen molar-refractivity contribution in [2.75, 3.05) is 32.3 Å². The average Bonchev–Trinajstić information content (AvgIpc) is 3.34. The number of aliphatic carboxylic acids is 1. The minimum Gasteiger partial charge on any atom is -0.493 e. The van der Waals surface area contributed by atoms with E-state index in [-0.39, 0.29) is 37.6 Å². The summed E-state index contributed by atoms with van der Waals surface area (Å²) in [4.78, 5) is 42.8. The third-order valence-corrected chi connectivity index (χ3v) is 6.89. The number of nitrogens with zero attached hydrogens (tertiary/aromatic N) is 2. The summed E-state index contributed by atoms with van der Waals surface area (Å²) in [5.74, 6) is -0.701. The summed E-state index contributed by atoms with van der Waals surface area (Å²) in [5, 5.41) is 9.57. The fourth-order valence-electron chi connectivity index (χ4n) is 4.83. The van der Waals surface area contributed by atoms with Crippen LogP contribution in [0.5, 0.6) is 11.5 Å². The highest BCUT2D eigenvalue weighted by molar-refractivity contribution is 6.30. The molecule has 1 amide bonds. The Morgan fingerprint density at radius 1 is 1.14 bits per heavy atom. The van der Waals surface area contributed by atoms with E-state index in [4.69, 9.17) is 40.1 Å². The summed E-state index contributed by atoms with van der Waals surface area (Å²) in [7, 11) is 3.04. The number of benzene rings is 2. The molecular weight excluding hydrogens is 568 g/mol. The molecule has 0 radical (unpaired) electrons. The van der Waals surface area contributed by atoms with Gasteiger partial charge in [0.1, 0.15) is 24.4 Å². The number of para-hydroxylation sites is 1. The number of esters is 1. The van der Waals surface area contributed by atoms with Gasteiger partial charge in [-0.2, -0.15) is 0 Å². The first-order valence-electron chi connectivity index (χ1n) is 13.2. The number of hydrogen-bond acceptors (Lipinski definition) is 9. The molecule has 1 aliphatic rings. The van der Waals surface area contributed by atoms with Crippen molar-refractivity contribution in [2.45, 2.75) is 45.8 Å². The second-order valence-corrected chi connectivity index (χ2v) is 11.1. The third-order valence-electron chi connectivity index (χ3n) is 6.66. The predicted octanol–water partition coefficient (Wildman–Crippen LogP) is 4.63. The zero-order valence-electron chi connectivity index (χ0n) is 24.0. The van der Waals surface area contributed by atoms with Crippen LogP contribution >= 0.6 is 11.6 Å². The van der Waals surface area contributed by atoms with Crippen molar-refractivity contribution in [2.24, 2.45) is 5.41 Å². The standard InChI is InChI=1S/C30H33ClN2O9/c1-17(34)40-16-30(2,3)15-33-22-10-9-18(31)11-21(22)27(20-7-6-8-23(38-4)28(20)39-5)42-24(29(33)37)13-25-32-14-19(41-25)12-26(35)36/h6-11,14,24,27H,12-13,15-16H2,1-5H3,(H,35,36)/t24-,27-/m1/s1. The molecule has 224 valence electrons. The van der Waals surface area contributed by atoms with Crippen LogP contribution in [0.1, 0.15) is 49.7 Å². The number of oxazole rings is 1. The molecule has 42 heavy (non-hydrogen) atoms. The number of hydrogen-bond donors (Lipinski definition) is 1. The van der Waals surface area contributed by atoms with Gasteiger partial charge in [-0.15, -0.1) is 0 Å². The van der Waals surface area contributed by atoms with E-state index in [2.05, 4.69) is 4.98 Å². The quantitative estimate of drug-likeness (QED) is 0.310. The highest BCUT2D eigenvalue weighted by Gasteiger charge is 2.41. The second-order valence-electron chi connectivity index (χ2n) is 10.7. The van der Waals surface area contributed by atoms with Gasteiger partial charge in [0.15, 0.2) is 17.4 Å². The third kappa shape index (κ3) is 7.03. The lowest BCUT2D eigenvalue weighted by atomic mass is 9.92. The topological polar surface area (TPSA) is 138 Å². The maximum Gasteiger partial charge on any atom is 0.311 e. The Balaban J connectivity index is 1.85. The molecule has 1 aliphatic heterocycles. The van der Waals surface area contributed by atoms with E-state index < -0.39 is 35.5 Å². The van der Waals surface area contributed by atoms with Crippen LogP contribution in [-0.2, 0) is 36.7 Å². The van der Waals surface area contributed by atoms with Gasteiger partial charge in [-0.3, -0.25) is 14.4 Å². The van der Waals surface area contributed by atoms with Gasteiger partial charge in [0.2, 0.25) is 0 Å². The van der Waals surface area contributed by atoms with E-state index in [0.717, 1.165) is 0 Å². The molecule has 0 aliphatic carbocycles. The summed E-state index contributed by atoms with van der Waals surface area (Å²) in [5.41, 5.74) is 1.11. The number of carbonyl (C=O) groups excluding carboxylic acids is 2. The average molecular weight is 601 g/mol.